The van der Waals surface area contributed by atoms with Crippen LogP contribution in [0, 0.1) is 13.8 Å². The third-order valence-electron chi connectivity index (χ3n) is 4.62. The summed E-state index contributed by atoms with van der Waals surface area (Å²) in [7, 11) is 1.48. The highest BCUT2D eigenvalue weighted by atomic mass is 32.2. The molecule has 31 heavy (non-hydrogen) atoms. The molecule has 0 saturated carbocycles. The van der Waals surface area contributed by atoms with Gasteiger partial charge in [-0.15, -0.1) is 0 Å². The fraction of sp³-hybridized carbons (Fsp3) is 0.261. The zero-order valence-corrected chi connectivity index (χ0v) is 18.7. The summed E-state index contributed by atoms with van der Waals surface area (Å²) in [6.07, 6.45) is 1.77. The summed E-state index contributed by atoms with van der Waals surface area (Å²) in [5, 5.41) is 9.43. The Balaban J connectivity index is 1.91. The van der Waals surface area contributed by atoms with Gasteiger partial charge in [-0.3, -0.25) is 9.69 Å². The van der Waals surface area contributed by atoms with Gasteiger partial charge < -0.3 is 14.6 Å². The lowest BCUT2D eigenvalue weighted by atomic mass is 10.1. The van der Waals surface area contributed by atoms with Crippen LogP contribution in [0.15, 0.2) is 46.3 Å². The average molecular weight is 441 g/mol. The topological polar surface area (TPSA) is 88.4 Å². The molecule has 1 heterocycles. The van der Waals surface area contributed by atoms with Crippen molar-refractivity contribution in [2.24, 2.45) is 4.99 Å². The SMILES string of the molecule is CCN1C(=O)/C(=C\c2ccc(OCC(=O)O)c(OC)c2)SC1=Nc1cc(C)ccc1C. The quantitative estimate of drug-likeness (QED) is 0.642. The van der Waals surface area contributed by atoms with Crippen molar-refractivity contribution in [3.05, 3.63) is 58.0 Å². The molecule has 2 aromatic rings. The molecule has 0 aromatic heterocycles. The van der Waals surface area contributed by atoms with Gasteiger partial charge in [0.1, 0.15) is 0 Å². The van der Waals surface area contributed by atoms with Crippen LogP contribution in [-0.2, 0) is 9.59 Å². The van der Waals surface area contributed by atoms with Gasteiger partial charge in [-0.2, -0.15) is 0 Å². The molecule has 8 heteroatoms. The number of aliphatic carboxylic acids is 1. The molecule has 7 nitrogen and oxygen atoms in total. The minimum absolute atomic E-state index is 0.110. The van der Waals surface area contributed by atoms with Crippen LogP contribution < -0.4 is 9.47 Å². The molecular formula is C23H24N2O5S. The fourth-order valence-corrected chi connectivity index (χ4v) is 4.05. The lowest BCUT2D eigenvalue weighted by molar-refractivity contribution is -0.139. The number of methoxy groups -OCH3 is 1. The molecule has 0 atom stereocenters. The van der Waals surface area contributed by atoms with E-state index in [1.807, 2.05) is 39.0 Å². The number of amides is 1. The molecule has 1 N–H and O–H groups in total. The van der Waals surface area contributed by atoms with Crippen molar-refractivity contribution in [1.82, 2.24) is 4.90 Å². The molecule has 1 fully saturated rings. The van der Waals surface area contributed by atoms with Crippen LogP contribution >= 0.6 is 11.8 Å². The number of hydrogen-bond donors (Lipinski definition) is 1. The van der Waals surface area contributed by atoms with Crippen LogP contribution in [0.5, 0.6) is 11.5 Å². The number of amidine groups is 1. The number of carboxylic acid groups (broad SMARTS) is 1. The van der Waals surface area contributed by atoms with Crippen LogP contribution in [0.4, 0.5) is 5.69 Å². The van der Waals surface area contributed by atoms with Gasteiger partial charge in [0.15, 0.2) is 23.3 Å². The third kappa shape index (κ3) is 5.27. The van der Waals surface area contributed by atoms with Gasteiger partial charge >= 0.3 is 5.97 Å². The molecular weight excluding hydrogens is 416 g/mol. The van der Waals surface area contributed by atoms with E-state index in [0.29, 0.717) is 28.1 Å². The molecule has 0 bridgehead atoms. The largest absolute Gasteiger partial charge is 0.493 e. The summed E-state index contributed by atoms with van der Waals surface area (Å²) in [6.45, 7) is 5.97. The van der Waals surface area contributed by atoms with Crippen LogP contribution in [0.1, 0.15) is 23.6 Å². The highest BCUT2D eigenvalue weighted by Crippen LogP contribution is 2.36. The summed E-state index contributed by atoms with van der Waals surface area (Å²) in [5.41, 5.74) is 3.73. The van der Waals surface area contributed by atoms with Gasteiger partial charge in [0, 0.05) is 6.54 Å². The van der Waals surface area contributed by atoms with Crippen molar-refractivity contribution in [2.75, 3.05) is 20.3 Å². The van der Waals surface area contributed by atoms with E-state index in [0.717, 1.165) is 22.4 Å². The minimum atomic E-state index is -1.07. The van der Waals surface area contributed by atoms with Gasteiger partial charge in [0.25, 0.3) is 5.91 Å². The third-order valence-corrected chi connectivity index (χ3v) is 5.63. The van der Waals surface area contributed by atoms with Crippen molar-refractivity contribution >= 4 is 40.6 Å². The van der Waals surface area contributed by atoms with Crippen molar-refractivity contribution in [3.8, 4) is 11.5 Å². The van der Waals surface area contributed by atoms with Crippen LogP contribution in [0.3, 0.4) is 0 Å². The Hall–Kier alpha value is -3.26. The van der Waals surface area contributed by atoms with Crippen molar-refractivity contribution in [3.63, 3.8) is 0 Å². The van der Waals surface area contributed by atoms with E-state index in [9.17, 15) is 9.59 Å². The molecule has 0 aliphatic carbocycles. The second kappa shape index (κ2) is 9.70. The van der Waals surface area contributed by atoms with Crippen LogP contribution in [0.25, 0.3) is 6.08 Å². The molecule has 1 saturated heterocycles. The molecule has 0 spiro atoms. The number of benzene rings is 2. The molecule has 3 rings (SSSR count). The van der Waals surface area contributed by atoms with E-state index in [1.165, 1.54) is 18.9 Å². The average Bonchev–Trinajstić information content (AvgIpc) is 3.03. The number of hydrogen-bond acceptors (Lipinski definition) is 6. The molecule has 162 valence electrons. The maximum absolute atomic E-state index is 12.9. The predicted octanol–water partition coefficient (Wildman–Crippen LogP) is 4.40. The molecule has 0 radical (unpaired) electrons. The molecule has 1 amide bonds. The van der Waals surface area contributed by atoms with E-state index < -0.39 is 12.6 Å². The summed E-state index contributed by atoms with van der Waals surface area (Å²) < 4.78 is 10.5. The summed E-state index contributed by atoms with van der Waals surface area (Å²) in [6, 6.07) is 11.1. The van der Waals surface area contributed by atoms with Gasteiger partial charge in [-0.25, -0.2) is 9.79 Å². The van der Waals surface area contributed by atoms with Crippen molar-refractivity contribution in [2.45, 2.75) is 20.8 Å². The lowest BCUT2D eigenvalue weighted by Crippen LogP contribution is -2.28. The number of carboxylic acids is 1. The minimum Gasteiger partial charge on any atom is -0.493 e. The molecule has 1 aliphatic rings. The number of rotatable bonds is 7. The highest BCUT2D eigenvalue weighted by molar-refractivity contribution is 8.18. The Morgan fingerprint density at radius 2 is 1.97 bits per heavy atom. The Labute approximate surface area is 185 Å². The lowest BCUT2D eigenvalue weighted by Gasteiger charge is -2.12. The fourth-order valence-electron chi connectivity index (χ4n) is 3.00. The zero-order valence-electron chi connectivity index (χ0n) is 17.8. The number of carbonyl (C=O) groups is 2. The Kier molecular flexibility index (Phi) is 7.02. The normalized spacial score (nSPS) is 16.3. The molecule has 0 unspecified atom stereocenters. The van der Waals surface area contributed by atoms with Crippen LogP contribution in [0.2, 0.25) is 0 Å². The van der Waals surface area contributed by atoms with E-state index >= 15 is 0 Å². The summed E-state index contributed by atoms with van der Waals surface area (Å²) >= 11 is 1.33. The number of carbonyl (C=O) groups excluding carboxylic acids is 1. The Bertz CT molecular complexity index is 1080. The first-order chi connectivity index (χ1) is 14.8. The number of likely N-dealkylation sites (N-methyl/N-ethyl adjacent to an activating group) is 1. The summed E-state index contributed by atoms with van der Waals surface area (Å²) in [4.78, 5) is 30.6. The number of ether oxygens (including phenoxy) is 2. The standard InChI is InChI=1S/C23H24N2O5S/c1-5-25-22(28)20(31-23(25)24-17-10-14(2)6-7-15(17)3)12-16-8-9-18(19(11-16)29-4)30-13-21(26)27/h6-12H,5,13H2,1-4H3,(H,26,27)/b20-12+,24-23?. The van der Waals surface area contributed by atoms with Gasteiger partial charge in [0.05, 0.1) is 17.7 Å². The second-order valence-corrected chi connectivity index (χ2v) is 7.95. The number of nitrogens with zero attached hydrogens (tertiary/aromatic N) is 2. The maximum atomic E-state index is 12.9. The highest BCUT2D eigenvalue weighted by Gasteiger charge is 2.32. The first kappa shape index (κ1) is 22.4. The van der Waals surface area contributed by atoms with Crippen molar-refractivity contribution < 1.29 is 24.2 Å². The number of aryl methyl sites for hydroxylation is 2. The van der Waals surface area contributed by atoms with E-state index in [2.05, 4.69) is 0 Å². The Morgan fingerprint density at radius 3 is 2.65 bits per heavy atom. The first-order valence-electron chi connectivity index (χ1n) is 9.72. The second-order valence-electron chi connectivity index (χ2n) is 6.94. The van der Waals surface area contributed by atoms with Crippen molar-refractivity contribution in [1.29, 1.82) is 0 Å². The maximum Gasteiger partial charge on any atom is 0.341 e. The molecule has 1 aliphatic heterocycles. The Morgan fingerprint density at radius 1 is 1.19 bits per heavy atom. The van der Waals surface area contributed by atoms with Gasteiger partial charge in [-0.05, 0) is 73.5 Å². The van der Waals surface area contributed by atoms with E-state index in [1.54, 1.807) is 29.2 Å². The summed E-state index contributed by atoms with van der Waals surface area (Å²) in [5.74, 6) is -0.467. The predicted molar refractivity (Wildman–Crippen MR) is 122 cm³/mol. The van der Waals surface area contributed by atoms with Gasteiger partial charge in [-0.1, -0.05) is 18.2 Å². The number of thioether (sulfide) groups is 1. The smallest absolute Gasteiger partial charge is 0.341 e. The number of aliphatic imine (C=N–C) groups is 1. The zero-order chi connectivity index (χ0) is 22.5. The molecule has 2 aromatic carbocycles. The van der Waals surface area contributed by atoms with E-state index in [-0.39, 0.29) is 5.91 Å². The van der Waals surface area contributed by atoms with Crippen LogP contribution in [-0.4, -0.2) is 47.3 Å². The van der Waals surface area contributed by atoms with E-state index in [4.69, 9.17) is 19.6 Å². The van der Waals surface area contributed by atoms with Gasteiger partial charge in [0.2, 0.25) is 0 Å². The monoisotopic (exact) mass is 440 g/mol. The first-order valence-corrected chi connectivity index (χ1v) is 10.5.